The summed E-state index contributed by atoms with van der Waals surface area (Å²) in [6.45, 7) is 10.9. The highest BCUT2D eigenvalue weighted by molar-refractivity contribution is 5.79. The Bertz CT molecular complexity index is 504. The Morgan fingerprint density at radius 2 is 2.04 bits per heavy atom. The van der Waals surface area contributed by atoms with E-state index in [1.54, 1.807) is 7.05 Å². The number of aromatic nitrogens is 1. The van der Waals surface area contributed by atoms with Crippen molar-refractivity contribution in [3.8, 4) is 0 Å². The molecule has 0 amide bonds. The predicted molar refractivity (Wildman–Crippen MR) is 94.9 cm³/mol. The maximum atomic E-state index is 5.77. The van der Waals surface area contributed by atoms with Crippen molar-refractivity contribution >= 4 is 11.8 Å². The maximum absolute atomic E-state index is 5.77. The molecule has 0 unspecified atom stereocenters. The smallest absolute Gasteiger partial charge is 0.191 e. The Kier molecular flexibility index (Phi) is 6.21. The Hall–Kier alpha value is -1.82. The summed E-state index contributed by atoms with van der Waals surface area (Å²) in [5, 5.41) is 6.56. The number of guanidine groups is 1. The van der Waals surface area contributed by atoms with Crippen LogP contribution in [0.25, 0.3) is 0 Å². The first kappa shape index (κ1) is 17.5. The lowest BCUT2D eigenvalue weighted by Crippen LogP contribution is -2.45. The van der Waals surface area contributed by atoms with Crippen LogP contribution < -0.4 is 15.5 Å². The van der Waals surface area contributed by atoms with Crippen molar-refractivity contribution in [1.29, 1.82) is 0 Å². The van der Waals surface area contributed by atoms with E-state index in [-0.39, 0.29) is 12.2 Å². The lowest BCUT2D eigenvalue weighted by atomic mass is 10.2. The molecule has 23 heavy (non-hydrogen) atoms. The van der Waals surface area contributed by atoms with Gasteiger partial charge in [0.1, 0.15) is 5.82 Å². The van der Waals surface area contributed by atoms with Gasteiger partial charge in [0, 0.05) is 38.9 Å². The average molecular weight is 319 g/mol. The van der Waals surface area contributed by atoms with Gasteiger partial charge in [-0.2, -0.15) is 0 Å². The minimum atomic E-state index is 0.243. The number of ether oxygens (including phenoxy) is 1. The van der Waals surface area contributed by atoms with Gasteiger partial charge in [-0.25, -0.2) is 4.98 Å². The number of hydrogen-bond acceptors (Lipinski definition) is 4. The normalized spacial score (nSPS) is 22.3. The van der Waals surface area contributed by atoms with Crippen LogP contribution in [0.1, 0.15) is 33.3 Å². The summed E-state index contributed by atoms with van der Waals surface area (Å²) in [6.07, 6.45) is 2.41. The Labute approximate surface area is 139 Å². The van der Waals surface area contributed by atoms with Crippen LogP contribution >= 0.6 is 0 Å². The van der Waals surface area contributed by atoms with Gasteiger partial charge in [-0.05, 0) is 39.3 Å². The summed E-state index contributed by atoms with van der Waals surface area (Å²) < 4.78 is 5.77. The van der Waals surface area contributed by atoms with Crippen molar-refractivity contribution in [3.63, 3.8) is 0 Å². The van der Waals surface area contributed by atoms with Crippen molar-refractivity contribution in [2.24, 2.45) is 4.99 Å². The van der Waals surface area contributed by atoms with Crippen molar-refractivity contribution in [2.45, 2.75) is 52.5 Å². The molecule has 2 rings (SSSR count). The fourth-order valence-electron chi connectivity index (χ4n) is 2.73. The van der Waals surface area contributed by atoms with Crippen molar-refractivity contribution < 1.29 is 4.74 Å². The van der Waals surface area contributed by atoms with Gasteiger partial charge in [0.15, 0.2) is 5.96 Å². The molecule has 1 aliphatic rings. The minimum absolute atomic E-state index is 0.243. The zero-order valence-corrected chi connectivity index (χ0v) is 14.8. The monoisotopic (exact) mass is 319 g/mol. The van der Waals surface area contributed by atoms with Gasteiger partial charge in [0.05, 0.1) is 12.2 Å². The predicted octanol–water partition coefficient (Wildman–Crippen LogP) is 1.77. The molecule has 2 heterocycles. The molecular formula is C17H29N5O. The van der Waals surface area contributed by atoms with Gasteiger partial charge in [0.25, 0.3) is 0 Å². The summed E-state index contributed by atoms with van der Waals surface area (Å²) in [5.41, 5.74) is 1.13. The molecule has 0 aliphatic carbocycles. The zero-order chi connectivity index (χ0) is 16.8. The molecule has 128 valence electrons. The summed E-state index contributed by atoms with van der Waals surface area (Å²) in [5.74, 6) is 1.82. The summed E-state index contributed by atoms with van der Waals surface area (Å²) in [6, 6.07) is 4.55. The van der Waals surface area contributed by atoms with E-state index in [1.165, 1.54) is 0 Å². The van der Waals surface area contributed by atoms with Crippen molar-refractivity contribution in [2.75, 3.05) is 25.0 Å². The molecule has 0 saturated carbocycles. The van der Waals surface area contributed by atoms with Crippen LogP contribution in [0.3, 0.4) is 0 Å². The highest BCUT2D eigenvalue weighted by Gasteiger charge is 2.22. The number of pyridine rings is 1. The molecule has 1 aliphatic heterocycles. The number of hydrogen-bond donors (Lipinski definition) is 2. The van der Waals surface area contributed by atoms with Crippen molar-refractivity contribution in [1.82, 2.24) is 15.6 Å². The number of nitrogens with one attached hydrogen (secondary N) is 2. The molecule has 6 nitrogen and oxygen atoms in total. The second kappa shape index (κ2) is 8.15. The molecule has 0 aromatic carbocycles. The molecule has 0 radical (unpaired) electrons. The summed E-state index contributed by atoms with van der Waals surface area (Å²) in [4.78, 5) is 11.1. The SMILES string of the molecule is CN=C(NCc1ccc(N2C[C@@H](C)O[C@@H](C)C2)nc1)NC(C)C. The second-order valence-corrected chi connectivity index (χ2v) is 6.41. The fraction of sp³-hybridized carbons (Fsp3) is 0.647. The van der Waals surface area contributed by atoms with Crippen molar-refractivity contribution in [3.05, 3.63) is 23.9 Å². The maximum Gasteiger partial charge on any atom is 0.191 e. The first-order chi connectivity index (χ1) is 11.0. The van der Waals surface area contributed by atoms with Gasteiger partial charge in [-0.1, -0.05) is 6.07 Å². The molecule has 1 saturated heterocycles. The van der Waals surface area contributed by atoms with E-state index in [9.17, 15) is 0 Å². The number of nitrogens with zero attached hydrogens (tertiary/aromatic N) is 3. The van der Waals surface area contributed by atoms with E-state index < -0.39 is 0 Å². The fourth-order valence-corrected chi connectivity index (χ4v) is 2.73. The first-order valence-electron chi connectivity index (χ1n) is 8.30. The minimum Gasteiger partial charge on any atom is -0.372 e. The summed E-state index contributed by atoms with van der Waals surface area (Å²) >= 11 is 0. The largest absolute Gasteiger partial charge is 0.372 e. The van der Waals surface area contributed by atoms with Crippen LogP contribution in [0.15, 0.2) is 23.3 Å². The molecule has 0 bridgehead atoms. The van der Waals surface area contributed by atoms with Gasteiger partial charge in [0.2, 0.25) is 0 Å². The standard InChI is InChI=1S/C17H29N5O/c1-12(2)21-17(18-5)20-9-15-6-7-16(19-8-15)22-10-13(3)23-14(4)11-22/h6-8,12-14H,9-11H2,1-5H3,(H2,18,20,21)/t13-,14+. The third-order valence-electron chi connectivity index (χ3n) is 3.66. The van der Waals surface area contributed by atoms with Gasteiger partial charge < -0.3 is 20.3 Å². The van der Waals surface area contributed by atoms with Crippen LogP contribution in [0.5, 0.6) is 0 Å². The number of rotatable bonds is 4. The van der Waals surface area contributed by atoms with E-state index in [0.717, 1.165) is 30.4 Å². The van der Waals surface area contributed by atoms with Crippen LogP contribution in [-0.2, 0) is 11.3 Å². The Balaban J connectivity index is 1.91. The van der Waals surface area contributed by atoms with Gasteiger partial charge in [-0.15, -0.1) is 0 Å². The quantitative estimate of drug-likeness (QED) is 0.654. The Morgan fingerprint density at radius 3 is 2.57 bits per heavy atom. The zero-order valence-electron chi connectivity index (χ0n) is 14.8. The molecule has 2 N–H and O–H groups in total. The average Bonchev–Trinajstić information content (AvgIpc) is 2.50. The molecule has 2 atom stereocenters. The van der Waals surface area contributed by atoms with E-state index >= 15 is 0 Å². The van der Waals surface area contributed by atoms with Crippen LogP contribution in [0.2, 0.25) is 0 Å². The van der Waals surface area contributed by atoms with Crippen LogP contribution in [0, 0.1) is 0 Å². The third kappa shape index (κ3) is 5.39. The third-order valence-corrected chi connectivity index (χ3v) is 3.66. The molecular weight excluding hydrogens is 290 g/mol. The highest BCUT2D eigenvalue weighted by atomic mass is 16.5. The molecule has 1 fully saturated rings. The van der Waals surface area contributed by atoms with E-state index in [0.29, 0.717) is 12.6 Å². The molecule has 6 heteroatoms. The van der Waals surface area contributed by atoms with E-state index in [1.807, 2.05) is 6.20 Å². The highest BCUT2D eigenvalue weighted by Crippen LogP contribution is 2.18. The number of aliphatic imine (C=N–C) groups is 1. The van der Waals surface area contributed by atoms with Gasteiger partial charge in [-0.3, -0.25) is 4.99 Å². The van der Waals surface area contributed by atoms with E-state index in [4.69, 9.17) is 4.74 Å². The summed E-state index contributed by atoms with van der Waals surface area (Å²) in [7, 11) is 1.78. The molecule has 1 aromatic heterocycles. The lowest BCUT2D eigenvalue weighted by Gasteiger charge is -2.36. The Morgan fingerprint density at radius 1 is 1.35 bits per heavy atom. The molecule has 1 aromatic rings. The first-order valence-corrected chi connectivity index (χ1v) is 8.30. The topological polar surface area (TPSA) is 61.8 Å². The van der Waals surface area contributed by atoms with Crippen LogP contribution in [-0.4, -0.2) is 49.3 Å². The van der Waals surface area contributed by atoms with Crippen LogP contribution in [0.4, 0.5) is 5.82 Å². The lowest BCUT2D eigenvalue weighted by molar-refractivity contribution is -0.00545. The molecule has 0 spiro atoms. The van der Waals surface area contributed by atoms with Gasteiger partial charge >= 0.3 is 0 Å². The van der Waals surface area contributed by atoms with E-state index in [2.05, 4.69) is 65.3 Å². The number of anilines is 1. The second-order valence-electron chi connectivity index (χ2n) is 6.41. The number of morpholine rings is 1.